The van der Waals surface area contributed by atoms with E-state index in [-0.39, 0.29) is 17.0 Å². The summed E-state index contributed by atoms with van der Waals surface area (Å²) in [4.78, 5) is 22.6. The Morgan fingerprint density at radius 3 is 2.33 bits per heavy atom. The van der Waals surface area contributed by atoms with Gasteiger partial charge in [0, 0.05) is 0 Å². The summed E-state index contributed by atoms with van der Waals surface area (Å²) in [5.74, 6) is -1.29. The Morgan fingerprint density at radius 1 is 1.07 bits per heavy atom. The van der Waals surface area contributed by atoms with Crippen LogP contribution in [0.3, 0.4) is 0 Å². The fourth-order valence-electron chi connectivity index (χ4n) is 1.44. The van der Waals surface area contributed by atoms with Crippen LogP contribution < -0.4 is 0 Å². The van der Waals surface area contributed by atoms with Gasteiger partial charge < -0.3 is 4.74 Å². The molecular weight excluding hydrogens is 216 g/mol. The van der Waals surface area contributed by atoms with Crippen LogP contribution >= 0.6 is 11.6 Å². The number of alkyl halides is 1. The molecule has 1 aliphatic rings. The van der Waals surface area contributed by atoms with Crippen LogP contribution in [-0.2, 0) is 14.3 Å². The highest BCUT2D eigenvalue weighted by atomic mass is 35.5. The monoisotopic (exact) mass is 222 g/mol. The van der Waals surface area contributed by atoms with Gasteiger partial charge in [0.1, 0.15) is 0 Å². The smallest absolute Gasteiger partial charge is 0.347 e. The van der Waals surface area contributed by atoms with Crippen molar-refractivity contribution >= 4 is 29.1 Å². The molecule has 0 saturated carbocycles. The number of ether oxygens (including phenoxy) is 1. The minimum absolute atomic E-state index is 0.0190. The first-order chi connectivity index (χ1) is 7.24. The normalized spacial score (nSPS) is 15.8. The molecule has 0 N–H and O–H groups in total. The van der Waals surface area contributed by atoms with Gasteiger partial charge in [-0.1, -0.05) is 30.3 Å². The number of rotatable bonds is 2. The average Bonchev–Trinajstić information content (AvgIpc) is 2.54. The Hall–Kier alpha value is -1.61. The van der Waals surface area contributed by atoms with E-state index in [2.05, 4.69) is 4.74 Å². The van der Waals surface area contributed by atoms with E-state index < -0.39 is 11.9 Å². The molecule has 1 aromatic carbocycles. The average molecular weight is 223 g/mol. The lowest BCUT2D eigenvalue weighted by atomic mass is 10.0. The Morgan fingerprint density at radius 2 is 1.73 bits per heavy atom. The van der Waals surface area contributed by atoms with Gasteiger partial charge in [-0.15, -0.1) is 11.6 Å². The summed E-state index contributed by atoms with van der Waals surface area (Å²) in [6.45, 7) is 0. The van der Waals surface area contributed by atoms with Gasteiger partial charge in [0.25, 0.3) is 0 Å². The zero-order chi connectivity index (χ0) is 10.8. The predicted octanol–water partition coefficient (Wildman–Crippen LogP) is 1.76. The minimum atomic E-state index is -0.645. The van der Waals surface area contributed by atoms with Gasteiger partial charge in [0.05, 0.1) is 17.0 Å². The number of esters is 2. The first-order valence-corrected chi connectivity index (χ1v) is 4.88. The topological polar surface area (TPSA) is 43.4 Å². The molecule has 0 radical (unpaired) electrons. The van der Waals surface area contributed by atoms with Gasteiger partial charge >= 0.3 is 11.9 Å². The summed E-state index contributed by atoms with van der Waals surface area (Å²) in [6, 6.07) is 8.87. The number of hydrogen-bond donors (Lipinski definition) is 0. The summed E-state index contributed by atoms with van der Waals surface area (Å²) in [6.07, 6.45) is 0. The van der Waals surface area contributed by atoms with Crippen molar-refractivity contribution in [2.45, 2.75) is 0 Å². The fraction of sp³-hybridized carbons (Fsp3) is 0.0909. The van der Waals surface area contributed by atoms with E-state index in [4.69, 9.17) is 11.6 Å². The van der Waals surface area contributed by atoms with Crippen molar-refractivity contribution in [2.24, 2.45) is 0 Å². The van der Waals surface area contributed by atoms with E-state index in [0.29, 0.717) is 5.56 Å². The lowest BCUT2D eigenvalue weighted by Gasteiger charge is -1.98. The molecule has 0 aliphatic carbocycles. The zero-order valence-corrected chi connectivity index (χ0v) is 8.45. The molecule has 1 aliphatic heterocycles. The summed E-state index contributed by atoms with van der Waals surface area (Å²) < 4.78 is 4.50. The van der Waals surface area contributed by atoms with E-state index in [1.165, 1.54) is 0 Å². The maximum absolute atomic E-state index is 11.4. The first kappa shape index (κ1) is 9.93. The Bertz CT molecular complexity index is 448. The van der Waals surface area contributed by atoms with Gasteiger partial charge in [-0.2, -0.15) is 0 Å². The molecule has 0 amide bonds. The third-order valence-electron chi connectivity index (χ3n) is 2.13. The van der Waals surface area contributed by atoms with E-state index in [1.54, 1.807) is 24.3 Å². The van der Waals surface area contributed by atoms with E-state index in [0.717, 1.165) is 0 Å². The molecule has 4 heteroatoms. The van der Waals surface area contributed by atoms with E-state index in [9.17, 15) is 9.59 Å². The molecule has 1 heterocycles. The molecule has 0 bridgehead atoms. The quantitative estimate of drug-likeness (QED) is 0.435. The van der Waals surface area contributed by atoms with Crippen LogP contribution in [0.2, 0.25) is 0 Å². The lowest BCUT2D eigenvalue weighted by molar-refractivity contribution is -0.150. The number of halogens is 1. The van der Waals surface area contributed by atoms with Crippen LogP contribution in [0, 0.1) is 0 Å². The van der Waals surface area contributed by atoms with Crippen LogP contribution in [-0.4, -0.2) is 17.8 Å². The van der Waals surface area contributed by atoms with E-state index in [1.807, 2.05) is 6.07 Å². The molecule has 1 aromatic rings. The van der Waals surface area contributed by atoms with Crippen LogP contribution in [0.15, 0.2) is 35.9 Å². The number of carbonyl (C=O) groups is 2. The molecule has 0 unspecified atom stereocenters. The Balaban J connectivity index is 2.55. The third-order valence-corrected chi connectivity index (χ3v) is 2.40. The third kappa shape index (κ3) is 1.66. The molecule has 15 heavy (non-hydrogen) atoms. The van der Waals surface area contributed by atoms with Crippen molar-refractivity contribution in [1.82, 2.24) is 0 Å². The van der Waals surface area contributed by atoms with Crippen molar-refractivity contribution in [1.29, 1.82) is 0 Å². The lowest BCUT2D eigenvalue weighted by Crippen LogP contribution is -2.02. The summed E-state index contributed by atoms with van der Waals surface area (Å²) in [5.41, 5.74) is 1.16. The highest BCUT2D eigenvalue weighted by molar-refractivity contribution is 6.35. The van der Waals surface area contributed by atoms with Crippen molar-refractivity contribution in [3.8, 4) is 0 Å². The van der Waals surface area contributed by atoms with Crippen molar-refractivity contribution in [3.05, 3.63) is 41.5 Å². The number of benzene rings is 1. The van der Waals surface area contributed by atoms with Gasteiger partial charge in [-0.05, 0) is 5.56 Å². The molecule has 76 valence electrons. The van der Waals surface area contributed by atoms with Gasteiger partial charge in [0.2, 0.25) is 0 Å². The van der Waals surface area contributed by atoms with Crippen LogP contribution in [0.5, 0.6) is 0 Å². The van der Waals surface area contributed by atoms with Gasteiger partial charge in [0.15, 0.2) is 0 Å². The molecule has 2 rings (SSSR count). The highest BCUT2D eigenvalue weighted by Crippen LogP contribution is 2.27. The molecule has 0 fully saturated rings. The summed E-state index contributed by atoms with van der Waals surface area (Å²) in [7, 11) is 0. The van der Waals surface area contributed by atoms with Crippen molar-refractivity contribution in [3.63, 3.8) is 0 Å². The minimum Gasteiger partial charge on any atom is -0.386 e. The second kappa shape index (κ2) is 3.87. The second-order valence-corrected chi connectivity index (χ2v) is 3.30. The highest BCUT2D eigenvalue weighted by Gasteiger charge is 2.32. The number of hydrogen-bond acceptors (Lipinski definition) is 3. The Labute approximate surface area is 91.3 Å². The Kier molecular flexibility index (Phi) is 2.56. The van der Waals surface area contributed by atoms with Gasteiger partial charge in [-0.25, -0.2) is 9.59 Å². The largest absolute Gasteiger partial charge is 0.386 e. The molecule has 3 nitrogen and oxygen atoms in total. The number of carbonyl (C=O) groups excluding carboxylic acids is 2. The van der Waals surface area contributed by atoms with Crippen LogP contribution in [0.4, 0.5) is 0 Å². The fourth-order valence-corrected chi connectivity index (χ4v) is 1.68. The molecule has 0 aromatic heterocycles. The van der Waals surface area contributed by atoms with Crippen molar-refractivity contribution < 1.29 is 14.3 Å². The maximum Gasteiger partial charge on any atom is 0.347 e. The second-order valence-electron chi connectivity index (χ2n) is 3.03. The molecule has 0 saturated heterocycles. The molecular formula is C11H7ClO3. The van der Waals surface area contributed by atoms with Crippen LogP contribution in [0.1, 0.15) is 5.56 Å². The maximum atomic E-state index is 11.4. The standard InChI is InChI=1S/C11H7ClO3/c12-6-8-9(11(14)15-10(8)13)7-4-2-1-3-5-7/h1-5H,6H2. The first-order valence-electron chi connectivity index (χ1n) is 4.35. The molecule has 0 atom stereocenters. The van der Waals surface area contributed by atoms with Crippen LogP contribution in [0.25, 0.3) is 5.57 Å². The van der Waals surface area contributed by atoms with Gasteiger partial charge in [-0.3, -0.25) is 0 Å². The molecule has 0 spiro atoms. The SMILES string of the molecule is O=C1OC(=O)C(c2ccccc2)=C1CCl. The zero-order valence-electron chi connectivity index (χ0n) is 7.70. The predicted molar refractivity (Wildman–Crippen MR) is 55.2 cm³/mol. The van der Waals surface area contributed by atoms with E-state index >= 15 is 0 Å². The number of cyclic esters (lactones) is 2. The summed E-state index contributed by atoms with van der Waals surface area (Å²) >= 11 is 5.60. The summed E-state index contributed by atoms with van der Waals surface area (Å²) in [5, 5.41) is 0. The van der Waals surface area contributed by atoms with Crippen molar-refractivity contribution in [2.75, 3.05) is 5.88 Å².